The number of aliphatic carboxylic acids is 1. The van der Waals surface area contributed by atoms with E-state index in [4.69, 9.17) is 5.11 Å². The summed E-state index contributed by atoms with van der Waals surface area (Å²) in [5, 5.41) is 12.2. The van der Waals surface area contributed by atoms with Gasteiger partial charge in [0.15, 0.2) is 0 Å². The van der Waals surface area contributed by atoms with Gasteiger partial charge >= 0.3 is 12.0 Å². The van der Waals surface area contributed by atoms with Crippen LogP contribution in [0.4, 0.5) is 4.79 Å². The summed E-state index contributed by atoms with van der Waals surface area (Å²) in [6.07, 6.45) is 6.28. The fourth-order valence-corrected chi connectivity index (χ4v) is 4.60. The minimum Gasteiger partial charge on any atom is -0.480 e. The van der Waals surface area contributed by atoms with E-state index in [1.807, 2.05) is 22.8 Å². The Bertz CT molecular complexity index is 652. The molecule has 1 aromatic carbocycles. The van der Waals surface area contributed by atoms with E-state index in [2.05, 4.69) is 29.6 Å². The highest BCUT2D eigenvalue weighted by Crippen LogP contribution is 2.43. The molecule has 1 aliphatic carbocycles. The molecule has 0 bridgehead atoms. The second kappa shape index (κ2) is 9.41. The molecule has 2 aliphatic rings. The number of hydrogen-bond acceptors (Lipinski definition) is 3. The molecule has 6 nitrogen and oxygen atoms in total. The van der Waals surface area contributed by atoms with E-state index in [1.54, 1.807) is 0 Å². The lowest BCUT2D eigenvalue weighted by Gasteiger charge is -2.43. The number of rotatable bonds is 8. The van der Waals surface area contributed by atoms with Crippen LogP contribution >= 0.6 is 0 Å². The van der Waals surface area contributed by atoms with Gasteiger partial charge in [0.1, 0.15) is 0 Å². The summed E-state index contributed by atoms with van der Waals surface area (Å²) in [7, 11) is 0. The molecule has 28 heavy (non-hydrogen) atoms. The van der Waals surface area contributed by atoms with Crippen LogP contribution in [0, 0.1) is 5.41 Å². The van der Waals surface area contributed by atoms with E-state index in [0.29, 0.717) is 13.1 Å². The maximum absolute atomic E-state index is 12.7. The topological polar surface area (TPSA) is 72.9 Å². The van der Waals surface area contributed by atoms with Crippen LogP contribution in [0.25, 0.3) is 0 Å². The van der Waals surface area contributed by atoms with Gasteiger partial charge in [-0.15, -0.1) is 0 Å². The molecule has 1 heterocycles. The van der Waals surface area contributed by atoms with Gasteiger partial charge in [-0.05, 0) is 49.6 Å². The molecule has 1 saturated carbocycles. The highest BCUT2D eigenvalue weighted by Gasteiger charge is 2.37. The molecule has 1 saturated heterocycles. The molecule has 1 aliphatic heterocycles. The average Bonchev–Trinajstić information content (AvgIpc) is 2.68. The van der Waals surface area contributed by atoms with Gasteiger partial charge in [-0.25, -0.2) is 4.79 Å². The number of carboxylic acid groups (broad SMARTS) is 1. The molecular formula is C22H33N3O3. The lowest BCUT2D eigenvalue weighted by Crippen LogP contribution is -2.52. The number of amides is 2. The molecule has 0 atom stereocenters. The van der Waals surface area contributed by atoms with Crippen LogP contribution in [0.5, 0.6) is 0 Å². The van der Waals surface area contributed by atoms with Crippen LogP contribution in [0.3, 0.4) is 0 Å². The van der Waals surface area contributed by atoms with Crippen LogP contribution in [0.15, 0.2) is 30.3 Å². The minimum atomic E-state index is -0.786. The Balaban J connectivity index is 1.46. The van der Waals surface area contributed by atoms with E-state index < -0.39 is 5.97 Å². The monoisotopic (exact) mass is 387 g/mol. The zero-order valence-electron chi connectivity index (χ0n) is 16.9. The van der Waals surface area contributed by atoms with Gasteiger partial charge in [0, 0.05) is 25.7 Å². The van der Waals surface area contributed by atoms with Gasteiger partial charge < -0.3 is 15.3 Å². The zero-order chi connectivity index (χ0) is 20.0. The Hall–Kier alpha value is -2.08. The predicted molar refractivity (Wildman–Crippen MR) is 109 cm³/mol. The van der Waals surface area contributed by atoms with Crippen LogP contribution < -0.4 is 5.32 Å². The first kappa shape index (κ1) is 20.6. The first-order chi connectivity index (χ1) is 13.5. The number of nitrogens with zero attached hydrogens (tertiary/aromatic N) is 2. The molecule has 154 valence electrons. The first-order valence-electron chi connectivity index (χ1n) is 10.5. The van der Waals surface area contributed by atoms with Crippen molar-refractivity contribution in [2.45, 2.75) is 51.5 Å². The van der Waals surface area contributed by atoms with Gasteiger partial charge in [-0.1, -0.05) is 43.7 Å². The van der Waals surface area contributed by atoms with E-state index >= 15 is 0 Å². The molecule has 1 aromatic rings. The van der Waals surface area contributed by atoms with Gasteiger partial charge in [0.25, 0.3) is 0 Å². The maximum atomic E-state index is 12.7. The molecule has 0 radical (unpaired) electrons. The molecular weight excluding hydrogens is 354 g/mol. The number of hydrogen-bond donors (Lipinski definition) is 2. The lowest BCUT2D eigenvalue weighted by molar-refractivity contribution is -0.139. The smallest absolute Gasteiger partial charge is 0.317 e. The van der Waals surface area contributed by atoms with Gasteiger partial charge in [0.05, 0.1) is 6.54 Å². The number of likely N-dealkylation sites (tertiary alicyclic amines) is 1. The minimum absolute atomic E-state index is 0.0269. The number of piperidine rings is 1. The van der Waals surface area contributed by atoms with Crippen molar-refractivity contribution in [1.82, 2.24) is 15.1 Å². The Morgan fingerprint density at radius 3 is 2.43 bits per heavy atom. The van der Waals surface area contributed by atoms with Crippen molar-refractivity contribution in [3.63, 3.8) is 0 Å². The summed E-state index contributed by atoms with van der Waals surface area (Å²) in [4.78, 5) is 27.6. The summed E-state index contributed by atoms with van der Waals surface area (Å²) in [6.45, 7) is 4.92. The van der Waals surface area contributed by atoms with Crippen molar-refractivity contribution in [2.75, 3.05) is 32.7 Å². The number of carbonyl (C=O) groups is 2. The third-order valence-electron chi connectivity index (χ3n) is 6.46. The normalized spacial score (nSPS) is 19.3. The summed E-state index contributed by atoms with van der Waals surface area (Å²) < 4.78 is 0. The van der Waals surface area contributed by atoms with Gasteiger partial charge in [0.2, 0.25) is 0 Å². The molecule has 2 N–H and O–H groups in total. The number of nitrogens with one attached hydrogen (secondary N) is 1. The van der Waals surface area contributed by atoms with Gasteiger partial charge in [-0.2, -0.15) is 0 Å². The highest BCUT2D eigenvalue weighted by atomic mass is 16.4. The van der Waals surface area contributed by atoms with E-state index in [9.17, 15) is 9.59 Å². The number of carbonyl (C=O) groups excluding carboxylic acids is 1. The van der Waals surface area contributed by atoms with Crippen molar-refractivity contribution in [3.05, 3.63) is 35.9 Å². The summed E-state index contributed by atoms with van der Waals surface area (Å²) in [5.41, 5.74) is 1.55. The second-order valence-corrected chi connectivity index (χ2v) is 8.35. The van der Waals surface area contributed by atoms with Crippen molar-refractivity contribution < 1.29 is 14.7 Å². The molecule has 6 heteroatoms. The SMILES string of the molecule is CCN(CC(=O)O)C1CCN(C(=O)NCC2(Cc3ccccc3)CCC2)CC1. The Morgan fingerprint density at radius 2 is 1.89 bits per heavy atom. The average molecular weight is 388 g/mol. The van der Waals surface area contributed by atoms with E-state index in [-0.39, 0.29) is 24.0 Å². The van der Waals surface area contributed by atoms with Crippen LogP contribution in [0.1, 0.15) is 44.6 Å². The lowest BCUT2D eigenvalue weighted by atomic mass is 9.65. The number of benzene rings is 1. The number of carboxylic acids is 1. The third-order valence-corrected chi connectivity index (χ3v) is 6.46. The van der Waals surface area contributed by atoms with Crippen molar-refractivity contribution in [2.24, 2.45) is 5.41 Å². The molecule has 0 spiro atoms. The zero-order valence-corrected chi connectivity index (χ0v) is 16.9. The van der Waals surface area contributed by atoms with Crippen molar-refractivity contribution >= 4 is 12.0 Å². The van der Waals surface area contributed by atoms with Crippen LogP contribution in [-0.4, -0.2) is 65.7 Å². The van der Waals surface area contributed by atoms with Crippen molar-refractivity contribution in [1.29, 1.82) is 0 Å². The molecule has 0 unspecified atom stereocenters. The van der Waals surface area contributed by atoms with Crippen LogP contribution in [0.2, 0.25) is 0 Å². The summed E-state index contributed by atoms with van der Waals surface area (Å²) in [5.74, 6) is -0.786. The fourth-order valence-electron chi connectivity index (χ4n) is 4.60. The Labute approximate surface area is 167 Å². The third kappa shape index (κ3) is 5.25. The highest BCUT2D eigenvalue weighted by molar-refractivity contribution is 5.74. The van der Waals surface area contributed by atoms with E-state index in [1.165, 1.54) is 24.8 Å². The first-order valence-corrected chi connectivity index (χ1v) is 10.5. The second-order valence-electron chi connectivity index (χ2n) is 8.35. The number of likely N-dealkylation sites (N-methyl/N-ethyl adjacent to an activating group) is 1. The summed E-state index contributed by atoms with van der Waals surface area (Å²) in [6, 6.07) is 10.8. The predicted octanol–water partition coefficient (Wildman–Crippen LogP) is 2.98. The Morgan fingerprint density at radius 1 is 1.21 bits per heavy atom. The molecule has 2 fully saturated rings. The molecule has 3 rings (SSSR count). The van der Waals surface area contributed by atoms with E-state index in [0.717, 1.165) is 32.4 Å². The molecule has 2 amide bonds. The maximum Gasteiger partial charge on any atom is 0.317 e. The Kier molecular flexibility index (Phi) is 6.94. The quantitative estimate of drug-likeness (QED) is 0.719. The molecule has 0 aromatic heterocycles. The largest absolute Gasteiger partial charge is 0.480 e. The van der Waals surface area contributed by atoms with Crippen LogP contribution in [-0.2, 0) is 11.2 Å². The fraction of sp³-hybridized carbons (Fsp3) is 0.636. The summed E-state index contributed by atoms with van der Waals surface area (Å²) >= 11 is 0. The number of urea groups is 1. The van der Waals surface area contributed by atoms with Gasteiger partial charge in [-0.3, -0.25) is 9.69 Å². The van der Waals surface area contributed by atoms with Crippen molar-refractivity contribution in [3.8, 4) is 0 Å². The standard InChI is InChI=1S/C22H33N3O3/c1-2-24(16-20(26)27)19-9-13-25(14-10-19)21(28)23-17-22(11-6-12-22)15-18-7-4-3-5-8-18/h3-5,7-8,19H,2,6,9-17H2,1H3,(H,23,28)(H,26,27).